The van der Waals surface area contributed by atoms with E-state index in [4.69, 9.17) is 22.1 Å². The quantitative estimate of drug-likeness (QED) is 0.817. The smallest absolute Gasteiger partial charge is 0.341 e. The number of halogens is 1. The third kappa shape index (κ3) is 2.65. The standard InChI is InChI=1S/C11H14ClNO3/c1-15-10-7(3-4-13)5-8(12)6-9(10)11(14)16-2/h5-6H,3-4,13H2,1-2H3. The predicted octanol–water partition coefficient (Wildman–Crippen LogP) is 1.64. The van der Waals surface area contributed by atoms with Gasteiger partial charge in [0.15, 0.2) is 0 Å². The molecule has 0 aromatic heterocycles. The topological polar surface area (TPSA) is 61.5 Å². The van der Waals surface area contributed by atoms with E-state index >= 15 is 0 Å². The molecule has 0 saturated carbocycles. The van der Waals surface area contributed by atoms with Crippen molar-refractivity contribution >= 4 is 17.6 Å². The fourth-order valence-electron chi connectivity index (χ4n) is 1.49. The molecule has 0 unspecified atom stereocenters. The fraction of sp³-hybridized carbons (Fsp3) is 0.364. The van der Waals surface area contributed by atoms with Gasteiger partial charge in [0.2, 0.25) is 0 Å². The van der Waals surface area contributed by atoms with E-state index in [1.165, 1.54) is 20.3 Å². The summed E-state index contributed by atoms with van der Waals surface area (Å²) in [6.07, 6.45) is 0.591. The summed E-state index contributed by atoms with van der Waals surface area (Å²) < 4.78 is 9.85. The molecule has 0 aliphatic carbocycles. The lowest BCUT2D eigenvalue weighted by Crippen LogP contribution is -2.09. The Hall–Kier alpha value is -1.26. The van der Waals surface area contributed by atoms with Gasteiger partial charge in [0.25, 0.3) is 0 Å². The van der Waals surface area contributed by atoms with Crippen LogP contribution in [0.25, 0.3) is 0 Å². The number of nitrogens with two attached hydrogens (primary N) is 1. The van der Waals surface area contributed by atoms with Gasteiger partial charge in [-0.1, -0.05) is 11.6 Å². The summed E-state index contributed by atoms with van der Waals surface area (Å²) in [4.78, 5) is 11.5. The highest BCUT2D eigenvalue weighted by atomic mass is 35.5. The van der Waals surface area contributed by atoms with Crippen molar-refractivity contribution < 1.29 is 14.3 Å². The zero-order chi connectivity index (χ0) is 12.1. The summed E-state index contributed by atoms with van der Waals surface area (Å²) in [6.45, 7) is 0.456. The van der Waals surface area contributed by atoms with Crippen LogP contribution in [0, 0.1) is 0 Å². The predicted molar refractivity (Wildman–Crippen MR) is 62.1 cm³/mol. The largest absolute Gasteiger partial charge is 0.496 e. The van der Waals surface area contributed by atoms with Crippen molar-refractivity contribution in [1.82, 2.24) is 0 Å². The van der Waals surface area contributed by atoms with Crippen LogP contribution in [0.3, 0.4) is 0 Å². The molecule has 1 aromatic rings. The second-order valence-corrected chi connectivity index (χ2v) is 3.61. The highest BCUT2D eigenvalue weighted by Gasteiger charge is 2.17. The molecule has 0 fully saturated rings. The number of ether oxygens (including phenoxy) is 2. The number of carbonyl (C=O) groups is 1. The monoisotopic (exact) mass is 243 g/mol. The highest BCUT2D eigenvalue weighted by molar-refractivity contribution is 6.31. The molecule has 0 aliphatic heterocycles. The summed E-state index contributed by atoms with van der Waals surface area (Å²) in [5.41, 5.74) is 6.60. The van der Waals surface area contributed by atoms with Crippen molar-refractivity contribution in [2.75, 3.05) is 20.8 Å². The number of esters is 1. The van der Waals surface area contributed by atoms with Crippen LogP contribution in [-0.4, -0.2) is 26.7 Å². The van der Waals surface area contributed by atoms with Crippen LogP contribution < -0.4 is 10.5 Å². The van der Waals surface area contributed by atoms with Gasteiger partial charge in [-0.2, -0.15) is 0 Å². The molecule has 0 atom stereocenters. The number of rotatable bonds is 4. The molecule has 0 radical (unpaired) electrons. The SMILES string of the molecule is COC(=O)c1cc(Cl)cc(CCN)c1OC. The van der Waals surface area contributed by atoms with Crippen molar-refractivity contribution in [2.45, 2.75) is 6.42 Å². The summed E-state index contributed by atoms with van der Waals surface area (Å²) in [7, 11) is 2.81. The van der Waals surface area contributed by atoms with E-state index < -0.39 is 5.97 Å². The number of hydrogen-bond acceptors (Lipinski definition) is 4. The third-order valence-electron chi connectivity index (χ3n) is 2.15. The van der Waals surface area contributed by atoms with Crippen molar-refractivity contribution in [3.8, 4) is 5.75 Å². The maximum atomic E-state index is 11.5. The van der Waals surface area contributed by atoms with Crippen molar-refractivity contribution in [3.63, 3.8) is 0 Å². The molecule has 1 rings (SSSR count). The first-order valence-corrected chi connectivity index (χ1v) is 5.16. The van der Waals surface area contributed by atoms with E-state index in [0.29, 0.717) is 29.3 Å². The van der Waals surface area contributed by atoms with Gasteiger partial charge in [-0.25, -0.2) is 4.79 Å². The maximum absolute atomic E-state index is 11.5. The lowest BCUT2D eigenvalue weighted by molar-refractivity contribution is 0.0597. The Bertz CT molecular complexity index is 393. The first-order chi connectivity index (χ1) is 7.63. The number of benzene rings is 1. The molecule has 0 bridgehead atoms. The minimum atomic E-state index is -0.474. The molecule has 4 nitrogen and oxygen atoms in total. The molecular formula is C11H14ClNO3. The van der Waals surface area contributed by atoms with Gasteiger partial charge >= 0.3 is 5.97 Å². The Morgan fingerprint density at radius 1 is 1.44 bits per heavy atom. The molecule has 1 aromatic carbocycles. The second kappa shape index (κ2) is 5.72. The first-order valence-electron chi connectivity index (χ1n) is 4.78. The minimum absolute atomic E-state index is 0.320. The zero-order valence-electron chi connectivity index (χ0n) is 9.25. The van der Waals surface area contributed by atoms with Crippen molar-refractivity contribution in [3.05, 3.63) is 28.3 Å². The first kappa shape index (κ1) is 12.8. The Kier molecular flexibility index (Phi) is 4.58. The molecule has 0 amide bonds. The van der Waals surface area contributed by atoms with Crippen LogP contribution in [0.5, 0.6) is 5.75 Å². The van der Waals surface area contributed by atoms with Gasteiger partial charge < -0.3 is 15.2 Å². The molecule has 5 heteroatoms. The highest BCUT2D eigenvalue weighted by Crippen LogP contribution is 2.29. The van der Waals surface area contributed by atoms with Gasteiger partial charge in [-0.05, 0) is 30.7 Å². The molecule has 0 saturated heterocycles. The maximum Gasteiger partial charge on any atom is 0.341 e. The van der Waals surface area contributed by atoms with Crippen molar-refractivity contribution in [1.29, 1.82) is 0 Å². The van der Waals surface area contributed by atoms with Gasteiger partial charge in [-0.3, -0.25) is 0 Å². The second-order valence-electron chi connectivity index (χ2n) is 3.18. The van der Waals surface area contributed by atoms with E-state index in [9.17, 15) is 4.79 Å². The van der Waals surface area contributed by atoms with Crippen molar-refractivity contribution in [2.24, 2.45) is 5.73 Å². The summed E-state index contributed by atoms with van der Waals surface area (Å²) in [5.74, 6) is -0.000628. The Balaban J connectivity index is 3.29. The van der Waals surface area contributed by atoms with Crippen LogP contribution >= 0.6 is 11.6 Å². The fourth-order valence-corrected chi connectivity index (χ4v) is 1.73. The Labute approximate surface area is 99.3 Å². The van der Waals surface area contributed by atoms with Crippen LogP contribution in [0.1, 0.15) is 15.9 Å². The van der Waals surface area contributed by atoms with E-state index in [1.807, 2.05) is 0 Å². The molecule has 0 aliphatic rings. The number of carbonyl (C=O) groups excluding carboxylic acids is 1. The lowest BCUT2D eigenvalue weighted by Gasteiger charge is -2.12. The summed E-state index contributed by atoms with van der Waals surface area (Å²) >= 11 is 5.91. The molecule has 2 N–H and O–H groups in total. The van der Waals surface area contributed by atoms with E-state index in [-0.39, 0.29) is 0 Å². The normalized spacial score (nSPS) is 10.0. The summed E-state index contributed by atoms with van der Waals surface area (Å²) in [5, 5.41) is 0.463. The van der Waals surface area contributed by atoms with E-state index in [2.05, 4.69) is 4.74 Å². The van der Waals surface area contributed by atoms with Gasteiger partial charge in [0.1, 0.15) is 11.3 Å². The van der Waals surface area contributed by atoms with Crippen LogP contribution in [0.15, 0.2) is 12.1 Å². The number of methoxy groups -OCH3 is 2. The lowest BCUT2D eigenvalue weighted by atomic mass is 10.1. The van der Waals surface area contributed by atoms with Gasteiger partial charge in [-0.15, -0.1) is 0 Å². The van der Waals surface area contributed by atoms with Crippen LogP contribution in [0.4, 0.5) is 0 Å². The van der Waals surface area contributed by atoms with Crippen LogP contribution in [0.2, 0.25) is 5.02 Å². The molecule has 88 valence electrons. The van der Waals surface area contributed by atoms with E-state index in [1.54, 1.807) is 6.07 Å². The van der Waals surface area contributed by atoms with E-state index in [0.717, 1.165) is 5.56 Å². The third-order valence-corrected chi connectivity index (χ3v) is 2.37. The Morgan fingerprint density at radius 2 is 2.12 bits per heavy atom. The molecule has 0 spiro atoms. The Morgan fingerprint density at radius 3 is 2.62 bits per heavy atom. The van der Waals surface area contributed by atoms with Gasteiger partial charge in [0, 0.05) is 5.02 Å². The summed E-state index contributed by atoms with van der Waals surface area (Å²) in [6, 6.07) is 3.26. The minimum Gasteiger partial charge on any atom is -0.496 e. The van der Waals surface area contributed by atoms with Gasteiger partial charge in [0.05, 0.1) is 14.2 Å². The average Bonchev–Trinajstić information content (AvgIpc) is 2.27. The number of hydrogen-bond donors (Lipinski definition) is 1. The molecule has 16 heavy (non-hydrogen) atoms. The average molecular weight is 244 g/mol. The molecule has 0 heterocycles. The zero-order valence-corrected chi connectivity index (χ0v) is 10.0. The van der Waals surface area contributed by atoms with Crippen LogP contribution in [-0.2, 0) is 11.2 Å². The molecular weight excluding hydrogens is 230 g/mol.